The number of hydrogen-bond donors (Lipinski definition) is 0. The Labute approximate surface area is 93.5 Å². The molecule has 4 nitrogen and oxygen atoms in total. The summed E-state index contributed by atoms with van der Waals surface area (Å²) in [5.41, 5.74) is 2.18. The molecule has 0 radical (unpaired) electrons. The van der Waals surface area contributed by atoms with Crippen molar-refractivity contribution in [3.63, 3.8) is 0 Å². The Morgan fingerprint density at radius 3 is 2.94 bits per heavy atom. The van der Waals surface area contributed by atoms with E-state index in [9.17, 15) is 4.79 Å². The van der Waals surface area contributed by atoms with Gasteiger partial charge in [-0.1, -0.05) is 12.1 Å². The Hall–Kier alpha value is -1.84. The summed E-state index contributed by atoms with van der Waals surface area (Å²) in [7, 11) is 0. The van der Waals surface area contributed by atoms with Gasteiger partial charge in [0.2, 0.25) is 5.91 Å². The monoisotopic (exact) mass is 215 g/mol. The highest BCUT2D eigenvalue weighted by Crippen LogP contribution is 2.20. The van der Waals surface area contributed by atoms with Gasteiger partial charge in [0.15, 0.2) is 0 Å². The highest BCUT2D eigenvalue weighted by atomic mass is 16.2. The average molecular weight is 215 g/mol. The zero-order chi connectivity index (χ0) is 11.1. The van der Waals surface area contributed by atoms with Crippen molar-refractivity contribution in [1.82, 2.24) is 14.5 Å². The summed E-state index contributed by atoms with van der Waals surface area (Å²) in [6, 6.07) is 8.10. The fourth-order valence-electron chi connectivity index (χ4n) is 2.23. The van der Waals surface area contributed by atoms with Crippen LogP contribution in [0, 0.1) is 0 Å². The van der Waals surface area contributed by atoms with Crippen molar-refractivity contribution in [3.8, 4) is 0 Å². The van der Waals surface area contributed by atoms with Gasteiger partial charge >= 0.3 is 0 Å². The summed E-state index contributed by atoms with van der Waals surface area (Å²) in [6.45, 7) is 3.86. The number of carbonyl (C=O) groups excluding carboxylic acids is 1. The van der Waals surface area contributed by atoms with E-state index in [2.05, 4.69) is 15.6 Å². The van der Waals surface area contributed by atoms with Crippen molar-refractivity contribution in [2.75, 3.05) is 6.54 Å². The number of carbonyl (C=O) groups is 1. The number of para-hydroxylation sites is 2. The van der Waals surface area contributed by atoms with E-state index in [1.807, 2.05) is 23.1 Å². The van der Waals surface area contributed by atoms with Gasteiger partial charge in [-0.05, 0) is 12.1 Å². The minimum Gasteiger partial charge on any atom is -0.334 e. The molecule has 0 saturated carbocycles. The molecule has 2 heterocycles. The molecule has 1 aromatic carbocycles. The van der Waals surface area contributed by atoms with Crippen LogP contribution < -0.4 is 0 Å². The van der Waals surface area contributed by atoms with Gasteiger partial charge in [0.1, 0.15) is 5.82 Å². The molecule has 1 aliphatic heterocycles. The van der Waals surface area contributed by atoms with Crippen LogP contribution in [0.1, 0.15) is 12.7 Å². The van der Waals surface area contributed by atoms with Crippen LogP contribution >= 0.6 is 0 Å². The second-order valence-corrected chi connectivity index (χ2v) is 4.11. The van der Waals surface area contributed by atoms with Gasteiger partial charge in [-0.3, -0.25) is 4.79 Å². The van der Waals surface area contributed by atoms with Crippen LogP contribution in [0.4, 0.5) is 0 Å². The van der Waals surface area contributed by atoms with Gasteiger partial charge in [-0.25, -0.2) is 4.98 Å². The van der Waals surface area contributed by atoms with Crippen LogP contribution in [-0.2, 0) is 17.9 Å². The highest BCUT2D eigenvalue weighted by molar-refractivity contribution is 5.77. The molecule has 4 heteroatoms. The van der Waals surface area contributed by atoms with E-state index in [-0.39, 0.29) is 5.91 Å². The van der Waals surface area contributed by atoms with Crippen LogP contribution in [0.5, 0.6) is 0 Å². The van der Waals surface area contributed by atoms with E-state index < -0.39 is 0 Å². The molecule has 0 atom stereocenters. The van der Waals surface area contributed by atoms with Crippen molar-refractivity contribution in [2.45, 2.75) is 20.0 Å². The van der Waals surface area contributed by atoms with Crippen molar-refractivity contribution in [1.29, 1.82) is 0 Å². The van der Waals surface area contributed by atoms with Gasteiger partial charge in [-0.2, -0.15) is 0 Å². The third kappa shape index (κ3) is 1.30. The van der Waals surface area contributed by atoms with E-state index in [1.165, 1.54) is 5.52 Å². The molecule has 16 heavy (non-hydrogen) atoms. The van der Waals surface area contributed by atoms with Crippen LogP contribution in [0.2, 0.25) is 0 Å². The second-order valence-electron chi connectivity index (χ2n) is 4.11. The molecule has 82 valence electrons. The van der Waals surface area contributed by atoms with E-state index in [0.717, 1.165) is 24.4 Å². The number of rotatable bonds is 0. The van der Waals surface area contributed by atoms with Crippen LogP contribution in [-0.4, -0.2) is 26.9 Å². The van der Waals surface area contributed by atoms with Crippen LogP contribution in [0.25, 0.3) is 11.0 Å². The lowest BCUT2D eigenvalue weighted by atomic mass is 10.3. The van der Waals surface area contributed by atoms with Crippen molar-refractivity contribution < 1.29 is 4.79 Å². The maximum Gasteiger partial charge on any atom is 0.219 e. The summed E-state index contributed by atoms with van der Waals surface area (Å²) in [5, 5.41) is 0. The molecular weight excluding hydrogens is 202 g/mol. The Morgan fingerprint density at radius 1 is 1.31 bits per heavy atom. The Morgan fingerprint density at radius 2 is 2.12 bits per heavy atom. The van der Waals surface area contributed by atoms with E-state index in [4.69, 9.17) is 0 Å². The molecule has 0 aliphatic carbocycles. The summed E-state index contributed by atoms with van der Waals surface area (Å²) < 4.78 is 2.20. The van der Waals surface area contributed by atoms with Crippen molar-refractivity contribution >= 4 is 16.9 Å². The van der Waals surface area contributed by atoms with Crippen LogP contribution in [0.3, 0.4) is 0 Å². The zero-order valence-corrected chi connectivity index (χ0v) is 9.18. The first-order valence-corrected chi connectivity index (χ1v) is 5.45. The smallest absolute Gasteiger partial charge is 0.219 e. The molecule has 2 aromatic rings. The van der Waals surface area contributed by atoms with Crippen molar-refractivity contribution in [3.05, 3.63) is 30.1 Å². The lowest BCUT2D eigenvalue weighted by Gasteiger charge is -2.26. The summed E-state index contributed by atoms with van der Waals surface area (Å²) in [5.74, 6) is 1.11. The molecule has 0 spiro atoms. The largest absolute Gasteiger partial charge is 0.334 e. The van der Waals surface area contributed by atoms with Gasteiger partial charge in [0.05, 0.1) is 17.6 Å². The molecule has 0 fully saturated rings. The molecule has 0 saturated heterocycles. The lowest BCUT2D eigenvalue weighted by Crippen LogP contribution is -2.36. The number of benzene rings is 1. The summed E-state index contributed by atoms with van der Waals surface area (Å²) >= 11 is 0. The minimum absolute atomic E-state index is 0.123. The Balaban J connectivity index is 2.09. The number of nitrogens with zero attached hydrogens (tertiary/aromatic N) is 3. The lowest BCUT2D eigenvalue weighted by molar-refractivity contribution is -0.130. The number of hydrogen-bond acceptors (Lipinski definition) is 2. The molecule has 0 unspecified atom stereocenters. The quantitative estimate of drug-likeness (QED) is 0.666. The Bertz CT molecular complexity index is 558. The predicted octanol–water partition coefficient (Wildman–Crippen LogP) is 1.40. The van der Waals surface area contributed by atoms with E-state index in [1.54, 1.807) is 6.92 Å². The minimum atomic E-state index is 0.123. The number of fused-ring (bicyclic) bond motifs is 3. The number of aromatic nitrogens is 2. The third-order valence-corrected chi connectivity index (χ3v) is 3.10. The molecule has 1 amide bonds. The summed E-state index contributed by atoms with van der Waals surface area (Å²) in [6.07, 6.45) is 0. The average Bonchev–Trinajstić information content (AvgIpc) is 2.66. The SMILES string of the molecule is CC(=O)N1CCn2c(nc3ccccc32)C1. The molecule has 1 aliphatic rings. The first-order chi connectivity index (χ1) is 7.75. The number of amides is 1. The standard InChI is InChI=1S/C12H13N3O/c1-9(16)14-6-7-15-11-5-3-2-4-10(11)13-12(15)8-14/h2-5H,6-8H2,1H3. The maximum absolute atomic E-state index is 11.3. The first kappa shape index (κ1) is 9.39. The zero-order valence-electron chi connectivity index (χ0n) is 9.18. The van der Waals surface area contributed by atoms with Crippen LogP contribution in [0.15, 0.2) is 24.3 Å². The molecule has 0 bridgehead atoms. The second kappa shape index (κ2) is 3.33. The van der Waals surface area contributed by atoms with Crippen molar-refractivity contribution in [2.24, 2.45) is 0 Å². The van der Waals surface area contributed by atoms with E-state index in [0.29, 0.717) is 6.54 Å². The normalized spacial score (nSPS) is 15.2. The highest BCUT2D eigenvalue weighted by Gasteiger charge is 2.20. The first-order valence-electron chi connectivity index (χ1n) is 5.45. The van der Waals surface area contributed by atoms with Gasteiger partial charge in [0, 0.05) is 20.0 Å². The molecule has 1 aromatic heterocycles. The van der Waals surface area contributed by atoms with Gasteiger partial charge < -0.3 is 9.47 Å². The van der Waals surface area contributed by atoms with E-state index >= 15 is 0 Å². The maximum atomic E-state index is 11.3. The van der Waals surface area contributed by atoms with Gasteiger partial charge in [0.25, 0.3) is 0 Å². The topological polar surface area (TPSA) is 38.1 Å². The third-order valence-electron chi connectivity index (χ3n) is 3.10. The summed E-state index contributed by atoms with van der Waals surface area (Å²) in [4.78, 5) is 17.7. The molecule has 3 rings (SSSR count). The fourth-order valence-corrected chi connectivity index (χ4v) is 2.23. The molecule has 0 N–H and O–H groups in total. The molecular formula is C12H13N3O. The Kier molecular flexibility index (Phi) is 1.96. The fraction of sp³-hybridized carbons (Fsp3) is 0.333. The number of imidazole rings is 1. The van der Waals surface area contributed by atoms with Gasteiger partial charge in [-0.15, -0.1) is 0 Å². The predicted molar refractivity (Wildman–Crippen MR) is 60.8 cm³/mol.